The Balaban J connectivity index is 1.72. The van der Waals surface area contributed by atoms with E-state index in [0.29, 0.717) is 6.04 Å². The minimum atomic E-state index is 0.693. The molecule has 2 aliphatic heterocycles. The molecule has 0 bridgehead atoms. The molecule has 2 aromatic heterocycles. The molecule has 2 aromatic rings. The molecule has 2 saturated heterocycles. The smallest absolute Gasteiger partial charge is 0.180 e. The lowest BCUT2D eigenvalue weighted by Gasteiger charge is -2.38. The van der Waals surface area contributed by atoms with Gasteiger partial charge in [-0.2, -0.15) is 0 Å². The van der Waals surface area contributed by atoms with Crippen molar-refractivity contribution in [2.75, 3.05) is 43.4 Å². The highest BCUT2D eigenvalue weighted by molar-refractivity contribution is 5.67. The van der Waals surface area contributed by atoms with Crippen molar-refractivity contribution in [2.45, 2.75) is 18.9 Å². The highest BCUT2D eigenvalue weighted by Gasteiger charge is 2.32. The van der Waals surface area contributed by atoms with Crippen molar-refractivity contribution >= 4 is 17.3 Å². The predicted molar refractivity (Wildman–Crippen MR) is 79.3 cm³/mol. The second kappa shape index (κ2) is 4.63. The second-order valence-electron chi connectivity index (χ2n) is 5.64. The Morgan fingerprint density at radius 3 is 3.15 bits per heavy atom. The summed E-state index contributed by atoms with van der Waals surface area (Å²) in [6.07, 6.45) is 8.45. The molecular formula is C14H20N6. The van der Waals surface area contributed by atoms with Crippen LogP contribution in [0.3, 0.4) is 0 Å². The van der Waals surface area contributed by atoms with Crippen molar-refractivity contribution in [1.82, 2.24) is 19.3 Å². The van der Waals surface area contributed by atoms with Gasteiger partial charge in [-0.05, 0) is 19.4 Å². The average Bonchev–Trinajstić information content (AvgIpc) is 3.13. The first-order valence-electron chi connectivity index (χ1n) is 7.35. The van der Waals surface area contributed by atoms with Gasteiger partial charge in [0.05, 0.1) is 6.20 Å². The van der Waals surface area contributed by atoms with Crippen LogP contribution in [0.5, 0.6) is 0 Å². The summed E-state index contributed by atoms with van der Waals surface area (Å²) < 4.78 is 2.05. The van der Waals surface area contributed by atoms with E-state index in [2.05, 4.69) is 24.5 Å². The topological polar surface area (TPSA) is 48.7 Å². The van der Waals surface area contributed by atoms with Gasteiger partial charge in [-0.1, -0.05) is 0 Å². The van der Waals surface area contributed by atoms with E-state index in [1.807, 2.05) is 25.6 Å². The maximum absolute atomic E-state index is 4.74. The first-order chi connectivity index (χ1) is 9.85. The highest BCUT2D eigenvalue weighted by Crippen LogP contribution is 2.27. The van der Waals surface area contributed by atoms with Crippen LogP contribution in [0.15, 0.2) is 18.6 Å². The number of imidazole rings is 1. The van der Waals surface area contributed by atoms with Gasteiger partial charge in [-0.3, -0.25) is 4.90 Å². The SMILES string of the molecule is CNc1cn2ccnc2c(N2CCN3CCCC3C2)n1. The number of rotatable bonds is 2. The molecule has 1 atom stereocenters. The molecule has 4 rings (SSSR count). The Bertz CT molecular complexity index is 621. The second-order valence-corrected chi connectivity index (χ2v) is 5.64. The minimum Gasteiger partial charge on any atom is -0.372 e. The summed E-state index contributed by atoms with van der Waals surface area (Å²) in [5.41, 5.74) is 0.954. The van der Waals surface area contributed by atoms with Gasteiger partial charge >= 0.3 is 0 Å². The van der Waals surface area contributed by atoms with Crippen molar-refractivity contribution in [3.63, 3.8) is 0 Å². The maximum atomic E-state index is 4.74. The molecule has 1 N–H and O–H groups in total. The zero-order valence-corrected chi connectivity index (χ0v) is 11.8. The third-order valence-electron chi connectivity index (χ3n) is 4.50. The van der Waals surface area contributed by atoms with E-state index in [4.69, 9.17) is 4.98 Å². The number of nitrogens with one attached hydrogen (secondary N) is 1. The van der Waals surface area contributed by atoms with Crippen LogP contribution in [0.25, 0.3) is 5.65 Å². The number of piperazine rings is 1. The molecule has 20 heavy (non-hydrogen) atoms. The van der Waals surface area contributed by atoms with Crippen LogP contribution < -0.4 is 10.2 Å². The Hall–Kier alpha value is -1.82. The molecule has 0 radical (unpaired) electrons. The number of fused-ring (bicyclic) bond motifs is 2. The molecule has 1 unspecified atom stereocenters. The third-order valence-corrected chi connectivity index (χ3v) is 4.50. The van der Waals surface area contributed by atoms with Crippen molar-refractivity contribution in [3.8, 4) is 0 Å². The molecule has 0 aliphatic carbocycles. The zero-order valence-electron chi connectivity index (χ0n) is 11.8. The van der Waals surface area contributed by atoms with Gasteiger partial charge in [0.1, 0.15) is 5.82 Å². The van der Waals surface area contributed by atoms with Gasteiger partial charge in [-0.15, -0.1) is 0 Å². The summed E-state index contributed by atoms with van der Waals surface area (Å²) in [7, 11) is 1.91. The van der Waals surface area contributed by atoms with Gasteiger partial charge in [0, 0.05) is 45.1 Å². The summed E-state index contributed by atoms with van der Waals surface area (Å²) in [6.45, 7) is 4.52. The molecule has 0 saturated carbocycles. The fraction of sp³-hybridized carbons (Fsp3) is 0.571. The van der Waals surface area contributed by atoms with E-state index in [-0.39, 0.29) is 0 Å². The van der Waals surface area contributed by atoms with Gasteiger partial charge < -0.3 is 14.6 Å². The van der Waals surface area contributed by atoms with E-state index >= 15 is 0 Å². The molecule has 4 heterocycles. The van der Waals surface area contributed by atoms with Gasteiger partial charge in [0.2, 0.25) is 0 Å². The largest absolute Gasteiger partial charge is 0.372 e. The van der Waals surface area contributed by atoms with Crippen LogP contribution in [0.2, 0.25) is 0 Å². The lowest BCUT2D eigenvalue weighted by Crippen LogP contribution is -2.50. The number of anilines is 2. The van der Waals surface area contributed by atoms with Crippen LogP contribution in [0.1, 0.15) is 12.8 Å². The normalized spacial score (nSPS) is 23.2. The van der Waals surface area contributed by atoms with Gasteiger partial charge in [-0.25, -0.2) is 9.97 Å². The Labute approximate surface area is 118 Å². The van der Waals surface area contributed by atoms with Crippen molar-refractivity contribution in [1.29, 1.82) is 0 Å². The monoisotopic (exact) mass is 272 g/mol. The van der Waals surface area contributed by atoms with E-state index < -0.39 is 0 Å². The number of hydrogen-bond acceptors (Lipinski definition) is 5. The molecule has 0 amide bonds. The first-order valence-corrected chi connectivity index (χ1v) is 7.35. The Kier molecular flexibility index (Phi) is 2.77. The summed E-state index contributed by atoms with van der Waals surface area (Å²) >= 11 is 0. The highest BCUT2D eigenvalue weighted by atomic mass is 15.3. The van der Waals surface area contributed by atoms with E-state index in [1.54, 1.807) is 0 Å². The molecule has 106 valence electrons. The van der Waals surface area contributed by atoms with Crippen LogP contribution in [0, 0.1) is 0 Å². The van der Waals surface area contributed by atoms with E-state index in [1.165, 1.54) is 19.4 Å². The quantitative estimate of drug-likeness (QED) is 0.885. The van der Waals surface area contributed by atoms with Crippen LogP contribution in [-0.2, 0) is 0 Å². The maximum Gasteiger partial charge on any atom is 0.180 e. The summed E-state index contributed by atoms with van der Waals surface area (Å²) in [4.78, 5) is 14.2. The van der Waals surface area contributed by atoms with Crippen molar-refractivity contribution in [2.24, 2.45) is 0 Å². The summed E-state index contributed by atoms with van der Waals surface area (Å²) in [6, 6.07) is 0.693. The van der Waals surface area contributed by atoms with Crippen molar-refractivity contribution in [3.05, 3.63) is 18.6 Å². The molecule has 0 aromatic carbocycles. The zero-order chi connectivity index (χ0) is 13.5. The van der Waals surface area contributed by atoms with Crippen LogP contribution in [-0.4, -0.2) is 58.5 Å². The standard InChI is InChI=1S/C14H20N6/c1-15-12-10-19-6-4-16-13(19)14(17-12)20-8-7-18-5-2-3-11(18)9-20/h4,6,10-11,15H,2-3,5,7-9H2,1H3. The van der Waals surface area contributed by atoms with Crippen LogP contribution >= 0.6 is 0 Å². The first kappa shape index (κ1) is 12.0. The summed E-state index contributed by atoms with van der Waals surface area (Å²) in [5.74, 6) is 1.90. The number of nitrogens with zero attached hydrogens (tertiary/aromatic N) is 5. The Morgan fingerprint density at radius 2 is 2.25 bits per heavy atom. The van der Waals surface area contributed by atoms with Crippen molar-refractivity contribution < 1.29 is 0 Å². The lowest BCUT2D eigenvalue weighted by molar-refractivity contribution is 0.230. The number of hydrogen-bond donors (Lipinski definition) is 1. The lowest BCUT2D eigenvalue weighted by atomic mass is 10.1. The number of aromatic nitrogens is 3. The van der Waals surface area contributed by atoms with Gasteiger partial charge in [0.25, 0.3) is 0 Å². The molecule has 6 heteroatoms. The third kappa shape index (κ3) is 1.83. The fourth-order valence-corrected chi connectivity index (χ4v) is 3.43. The summed E-state index contributed by atoms with van der Waals surface area (Å²) in [5, 5.41) is 3.14. The van der Waals surface area contributed by atoms with Crippen LogP contribution in [0.4, 0.5) is 11.6 Å². The predicted octanol–water partition coefficient (Wildman–Crippen LogP) is 1.06. The average molecular weight is 272 g/mol. The van der Waals surface area contributed by atoms with E-state index in [9.17, 15) is 0 Å². The Morgan fingerprint density at radius 1 is 1.30 bits per heavy atom. The molecular weight excluding hydrogens is 252 g/mol. The fourth-order valence-electron chi connectivity index (χ4n) is 3.43. The molecule has 6 nitrogen and oxygen atoms in total. The molecule has 0 spiro atoms. The minimum absolute atomic E-state index is 0.693. The molecule has 2 fully saturated rings. The molecule has 2 aliphatic rings. The van der Waals surface area contributed by atoms with Gasteiger partial charge in [0.15, 0.2) is 11.5 Å². The van der Waals surface area contributed by atoms with E-state index in [0.717, 1.165) is 36.9 Å².